The van der Waals surface area contributed by atoms with Crippen molar-refractivity contribution in [1.29, 1.82) is 0 Å². The second kappa shape index (κ2) is 10.2. The van der Waals surface area contributed by atoms with E-state index in [1.165, 1.54) is 6.92 Å². The van der Waals surface area contributed by atoms with E-state index in [0.29, 0.717) is 29.4 Å². The summed E-state index contributed by atoms with van der Waals surface area (Å²) in [7, 11) is 4.67. The number of amides is 1. The first-order valence-corrected chi connectivity index (χ1v) is 8.82. The van der Waals surface area contributed by atoms with E-state index < -0.39 is 18.0 Å². The highest BCUT2D eigenvalue weighted by Gasteiger charge is 2.19. The lowest BCUT2D eigenvalue weighted by Gasteiger charge is -2.15. The van der Waals surface area contributed by atoms with Crippen molar-refractivity contribution in [2.24, 2.45) is 0 Å². The number of esters is 1. The topological polar surface area (TPSA) is 83.1 Å². The number of benzene rings is 2. The third-order valence-corrected chi connectivity index (χ3v) is 4.12. The van der Waals surface area contributed by atoms with Crippen LogP contribution in [-0.4, -0.2) is 39.3 Å². The Bertz CT molecular complexity index is 803. The van der Waals surface area contributed by atoms with Crippen molar-refractivity contribution in [1.82, 2.24) is 0 Å². The van der Waals surface area contributed by atoms with Crippen molar-refractivity contribution in [2.75, 3.05) is 26.6 Å². The van der Waals surface area contributed by atoms with Crippen LogP contribution in [0.1, 0.15) is 18.9 Å². The Hall–Kier alpha value is -3.22. The lowest BCUT2D eigenvalue weighted by molar-refractivity contribution is -0.153. The quantitative estimate of drug-likeness (QED) is 0.665. The molecule has 2 aromatic carbocycles. The largest absolute Gasteiger partial charge is 0.497 e. The van der Waals surface area contributed by atoms with Crippen molar-refractivity contribution in [3.05, 3.63) is 48.0 Å². The molecule has 1 amide bonds. The van der Waals surface area contributed by atoms with E-state index in [9.17, 15) is 9.59 Å². The zero-order valence-electron chi connectivity index (χ0n) is 16.5. The molecular weight excluding hydrogens is 362 g/mol. The maximum absolute atomic E-state index is 12.2. The third kappa shape index (κ3) is 5.64. The summed E-state index contributed by atoms with van der Waals surface area (Å²) < 4.78 is 20.9. The number of rotatable bonds is 9. The number of hydrogen-bond acceptors (Lipinski definition) is 6. The molecule has 0 unspecified atom stereocenters. The number of anilines is 1. The van der Waals surface area contributed by atoms with Crippen molar-refractivity contribution >= 4 is 17.6 Å². The Morgan fingerprint density at radius 3 is 2.29 bits per heavy atom. The van der Waals surface area contributed by atoms with E-state index in [4.69, 9.17) is 18.9 Å². The molecular formula is C21H25NO6. The number of nitrogens with one attached hydrogen (secondary N) is 1. The molecule has 2 aromatic rings. The number of ether oxygens (including phenoxy) is 4. The van der Waals surface area contributed by atoms with Gasteiger partial charge >= 0.3 is 5.97 Å². The van der Waals surface area contributed by atoms with Crippen LogP contribution in [0.25, 0.3) is 0 Å². The average Bonchev–Trinajstić information content (AvgIpc) is 2.72. The summed E-state index contributed by atoms with van der Waals surface area (Å²) in [4.78, 5) is 24.3. The number of aryl methyl sites for hydroxylation is 1. The average molecular weight is 387 g/mol. The van der Waals surface area contributed by atoms with Crippen molar-refractivity contribution in [3.63, 3.8) is 0 Å². The molecule has 1 N–H and O–H groups in total. The fourth-order valence-electron chi connectivity index (χ4n) is 2.62. The lowest BCUT2D eigenvalue weighted by Crippen LogP contribution is -2.30. The molecule has 1 atom stereocenters. The van der Waals surface area contributed by atoms with Crippen LogP contribution in [0.3, 0.4) is 0 Å². The van der Waals surface area contributed by atoms with Crippen LogP contribution >= 0.6 is 0 Å². The highest BCUT2D eigenvalue weighted by molar-refractivity contribution is 5.95. The first-order valence-electron chi connectivity index (χ1n) is 8.82. The van der Waals surface area contributed by atoms with E-state index in [2.05, 4.69) is 5.32 Å². The second-order valence-corrected chi connectivity index (χ2v) is 6.00. The van der Waals surface area contributed by atoms with E-state index in [-0.39, 0.29) is 6.42 Å². The van der Waals surface area contributed by atoms with Gasteiger partial charge in [-0.25, -0.2) is 0 Å². The third-order valence-electron chi connectivity index (χ3n) is 4.12. The summed E-state index contributed by atoms with van der Waals surface area (Å²) in [5, 5.41) is 2.70. The molecule has 0 bridgehead atoms. The molecule has 150 valence electrons. The number of carbonyl (C=O) groups is 2. The maximum Gasteiger partial charge on any atom is 0.306 e. The predicted octanol–water partition coefficient (Wildman–Crippen LogP) is 3.22. The van der Waals surface area contributed by atoms with Crippen LogP contribution in [0.2, 0.25) is 0 Å². The second-order valence-electron chi connectivity index (χ2n) is 6.00. The molecule has 2 rings (SSSR count). The molecule has 0 saturated carbocycles. The van der Waals surface area contributed by atoms with Gasteiger partial charge < -0.3 is 24.3 Å². The number of methoxy groups -OCH3 is 3. The smallest absolute Gasteiger partial charge is 0.306 e. The van der Waals surface area contributed by atoms with Gasteiger partial charge in [0.15, 0.2) is 17.6 Å². The Morgan fingerprint density at radius 1 is 0.964 bits per heavy atom. The van der Waals surface area contributed by atoms with Crippen LogP contribution in [-0.2, 0) is 20.7 Å². The summed E-state index contributed by atoms with van der Waals surface area (Å²) in [5.41, 5.74) is 1.42. The van der Waals surface area contributed by atoms with Gasteiger partial charge in [-0.3, -0.25) is 9.59 Å². The summed E-state index contributed by atoms with van der Waals surface area (Å²) in [6.45, 7) is 1.53. The molecule has 0 aliphatic heterocycles. The molecule has 7 nitrogen and oxygen atoms in total. The molecule has 7 heteroatoms. The molecule has 0 fully saturated rings. The van der Waals surface area contributed by atoms with Gasteiger partial charge in [0.25, 0.3) is 5.91 Å². The van der Waals surface area contributed by atoms with Gasteiger partial charge in [0, 0.05) is 12.1 Å². The monoisotopic (exact) mass is 387 g/mol. The number of hydrogen-bond donors (Lipinski definition) is 1. The Morgan fingerprint density at radius 2 is 1.68 bits per heavy atom. The van der Waals surface area contributed by atoms with E-state index in [0.717, 1.165) is 5.56 Å². The minimum Gasteiger partial charge on any atom is -0.497 e. The number of para-hydroxylation sites is 1. The summed E-state index contributed by atoms with van der Waals surface area (Å²) >= 11 is 0. The Balaban J connectivity index is 1.87. The highest BCUT2D eigenvalue weighted by Crippen LogP contribution is 2.31. The van der Waals surface area contributed by atoms with Gasteiger partial charge in [-0.1, -0.05) is 12.1 Å². The fourth-order valence-corrected chi connectivity index (χ4v) is 2.62. The Labute approximate surface area is 164 Å². The Kier molecular flexibility index (Phi) is 7.68. The molecule has 0 aromatic heterocycles. The minimum absolute atomic E-state index is 0.115. The van der Waals surface area contributed by atoms with Gasteiger partial charge in [0.1, 0.15) is 5.75 Å². The lowest BCUT2D eigenvalue weighted by atomic mass is 10.1. The summed E-state index contributed by atoms with van der Waals surface area (Å²) in [5.74, 6) is 0.994. The van der Waals surface area contributed by atoms with Gasteiger partial charge in [-0.05, 0) is 49.2 Å². The summed E-state index contributed by atoms with van der Waals surface area (Å²) in [6.07, 6.45) is -0.391. The molecule has 28 heavy (non-hydrogen) atoms. The van der Waals surface area contributed by atoms with Crippen LogP contribution in [0.15, 0.2) is 42.5 Å². The van der Waals surface area contributed by atoms with Gasteiger partial charge in [0.2, 0.25) is 0 Å². The van der Waals surface area contributed by atoms with Gasteiger partial charge in [-0.15, -0.1) is 0 Å². The number of carbonyl (C=O) groups excluding carboxylic acids is 2. The molecule has 0 radical (unpaired) electrons. The normalized spacial score (nSPS) is 11.3. The van der Waals surface area contributed by atoms with Crippen molar-refractivity contribution < 1.29 is 28.5 Å². The van der Waals surface area contributed by atoms with E-state index in [1.54, 1.807) is 51.7 Å². The SMILES string of the molecule is COc1ccc(NC(=O)[C@@H](C)OC(=O)CCc2cccc(OC)c2OC)cc1. The zero-order chi connectivity index (χ0) is 20.5. The molecule has 0 saturated heterocycles. The van der Waals surface area contributed by atoms with Gasteiger partial charge in [0.05, 0.1) is 21.3 Å². The van der Waals surface area contributed by atoms with Crippen LogP contribution < -0.4 is 19.5 Å². The van der Waals surface area contributed by atoms with E-state index in [1.807, 2.05) is 12.1 Å². The maximum atomic E-state index is 12.2. The van der Waals surface area contributed by atoms with Crippen molar-refractivity contribution in [3.8, 4) is 17.2 Å². The van der Waals surface area contributed by atoms with E-state index >= 15 is 0 Å². The first kappa shape index (κ1) is 21.1. The van der Waals surface area contributed by atoms with Crippen LogP contribution in [0.5, 0.6) is 17.2 Å². The molecule has 0 aliphatic rings. The fraction of sp³-hybridized carbons (Fsp3) is 0.333. The molecule has 0 spiro atoms. The standard InChI is InChI=1S/C21H25NO6/c1-14(21(24)22-16-9-11-17(25-2)12-10-16)28-19(23)13-8-15-6-5-7-18(26-3)20(15)27-4/h5-7,9-12,14H,8,13H2,1-4H3,(H,22,24)/t14-/m1/s1. The summed E-state index contributed by atoms with van der Waals surface area (Å²) in [6, 6.07) is 12.3. The van der Waals surface area contributed by atoms with Gasteiger partial charge in [-0.2, -0.15) is 0 Å². The van der Waals surface area contributed by atoms with Crippen LogP contribution in [0.4, 0.5) is 5.69 Å². The van der Waals surface area contributed by atoms with Crippen molar-refractivity contribution in [2.45, 2.75) is 25.9 Å². The first-order chi connectivity index (χ1) is 13.5. The predicted molar refractivity (Wildman–Crippen MR) is 105 cm³/mol. The zero-order valence-corrected chi connectivity index (χ0v) is 16.5. The molecule has 0 aliphatic carbocycles. The molecule has 0 heterocycles. The highest BCUT2D eigenvalue weighted by atomic mass is 16.5. The minimum atomic E-state index is -0.915. The van der Waals surface area contributed by atoms with Crippen LogP contribution in [0, 0.1) is 0 Å².